The van der Waals surface area contributed by atoms with Gasteiger partial charge in [0.15, 0.2) is 0 Å². The second-order valence-corrected chi connectivity index (χ2v) is 6.74. The third kappa shape index (κ3) is 3.10. The van der Waals surface area contributed by atoms with Crippen LogP contribution in [0, 0.1) is 0 Å². The Bertz CT molecular complexity index is 566. The molecule has 2 N–H and O–H groups in total. The summed E-state index contributed by atoms with van der Waals surface area (Å²) in [5, 5.41) is 0. The number of hydrogen-bond acceptors (Lipinski definition) is 3. The van der Waals surface area contributed by atoms with Crippen LogP contribution in [0.1, 0.15) is 44.9 Å². The van der Waals surface area contributed by atoms with E-state index in [-0.39, 0.29) is 22.1 Å². The number of pyridine rings is 1. The van der Waals surface area contributed by atoms with Gasteiger partial charge < -0.3 is 15.0 Å². The average Bonchev–Trinajstić information content (AvgIpc) is 2.82. The van der Waals surface area contributed by atoms with Gasteiger partial charge in [0.05, 0.1) is 18.2 Å². The predicted octanol–water partition coefficient (Wildman–Crippen LogP) is 1.96. The average molecular weight is 294 g/mol. The van der Waals surface area contributed by atoms with E-state index in [0.717, 1.165) is 25.1 Å². The van der Waals surface area contributed by atoms with Crippen LogP contribution in [0.4, 0.5) is 0 Å². The number of rotatable bonds is 3. The summed E-state index contributed by atoms with van der Waals surface area (Å²) in [6, 6.07) is 3.68. The summed E-state index contributed by atoms with van der Waals surface area (Å²) >= 11 is 4.96. The van der Waals surface area contributed by atoms with E-state index in [1.165, 1.54) is 0 Å². The minimum Gasteiger partial charge on any atom is -0.389 e. The fraction of sp³-hybridized carbons (Fsp3) is 0.600. The van der Waals surface area contributed by atoms with E-state index in [4.69, 9.17) is 22.7 Å². The van der Waals surface area contributed by atoms with E-state index in [1.54, 1.807) is 10.6 Å². The molecule has 0 radical (unpaired) electrons. The number of nitrogens with zero attached hydrogens (tertiary/aromatic N) is 1. The molecule has 1 aromatic rings. The minimum atomic E-state index is -0.119. The second kappa shape index (κ2) is 5.66. The van der Waals surface area contributed by atoms with Crippen molar-refractivity contribution in [1.29, 1.82) is 0 Å². The first kappa shape index (κ1) is 15.2. The maximum Gasteiger partial charge on any atom is 0.261 e. The van der Waals surface area contributed by atoms with Gasteiger partial charge in [0, 0.05) is 17.7 Å². The molecule has 0 aliphatic carbocycles. The molecule has 0 bridgehead atoms. The normalized spacial score (nSPS) is 19.2. The first-order chi connectivity index (χ1) is 9.30. The second-order valence-electron chi connectivity index (χ2n) is 6.30. The van der Waals surface area contributed by atoms with Crippen molar-refractivity contribution in [2.45, 2.75) is 51.7 Å². The van der Waals surface area contributed by atoms with Gasteiger partial charge in [-0.05, 0) is 25.0 Å². The Morgan fingerprint density at radius 1 is 1.50 bits per heavy atom. The predicted molar refractivity (Wildman–Crippen MR) is 84.3 cm³/mol. The summed E-state index contributed by atoms with van der Waals surface area (Å²) < 4.78 is 7.44. The molecular weight excluding hydrogens is 272 g/mol. The summed E-state index contributed by atoms with van der Waals surface area (Å²) in [4.78, 5) is 12.8. The van der Waals surface area contributed by atoms with Gasteiger partial charge in [0.1, 0.15) is 4.99 Å². The quantitative estimate of drug-likeness (QED) is 0.866. The highest BCUT2D eigenvalue weighted by Crippen LogP contribution is 2.23. The minimum absolute atomic E-state index is 0.107. The highest BCUT2D eigenvalue weighted by Gasteiger charge is 2.24. The van der Waals surface area contributed by atoms with Crippen molar-refractivity contribution in [3.05, 3.63) is 33.7 Å². The molecule has 1 aliphatic rings. The molecular formula is C15H22N2O2S. The van der Waals surface area contributed by atoms with E-state index in [2.05, 4.69) is 20.8 Å². The van der Waals surface area contributed by atoms with Crippen molar-refractivity contribution in [2.75, 3.05) is 6.61 Å². The molecule has 0 amide bonds. The molecule has 0 saturated carbocycles. The maximum absolute atomic E-state index is 12.6. The molecule has 1 aliphatic heterocycles. The standard InChI is InChI=1S/C15H22N2O2S/c1-15(2,3)12-7-6-11(13(16)20)14(18)17(12)9-10-5-4-8-19-10/h6-7,10H,4-5,8-9H2,1-3H3,(H2,16,20). The molecule has 1 atom stereocenters. The van der Waals surface area contributed by atoms with E-state index >= 15 is 0 Å². The molecule has 2 rings (SSSR count). The van der Waals surface area contributed by atoms with Crippen molar-refractivity contribution < 1.29 is 4.74 Å². The Morgan fingerprint density at radius 2 is 2.20 bits per heavy atom. The van der Waals surface area contributed by atoms with Gasteiger partial charge in [0.2, 0.25) is 0 Å². The van der Waals surface area contributed by atoms with Gasteiger partial charge >= 0.3 is 0 Å². The van der Waals surface area contributed by atoms with Crippen LogP contribution in [0.25, 0.3) is 0 Å². The molecule has 1 fully saturated rings. The van der Waals surface area contributed by atoms with Gasteiger partial charge in [-0.25, -0.2) is 0 Å². The van der Waals surface area contributed by atoms with Gasteiger partial charge in [-0.1, -0.05) is 33.0 Å². The molecule has 0 aromatic carbocycles. The lowest BCUT2D eigenvalue weighted by Gasteiger charge is -2.26. The summed E-state index contributed by atoms with van der Waals surface area (Å²) in [5.74, 6) is 0. The van der Waals surface area contributed by atoms with Gasteiger partial charge in [0.25, 0.3) is 5.56 Å². The fourth-order valence-corrected chi connectivity index (χ4v) is 2.75. The van der Waals surface area contributed by atoms with Crippen molar-refractivity contribution in [3.8, 4) is 0 Å². The number of thiocarbonyl (C=S) groups is 1. The lowest BCUT2D eigenvalue weighted by atomic mass is 9.90. The van der Waals surface area contributed by atoms with Gasteiger partial charge in [-0.3, -0.25) is 4.79 Å². The summed E-state index contributed by atoms with van der Waals surface area (Å²) in [7, 11) is 0. The molecule has 5 heteroatoms. The lowest BCUT2D eigenvalue weighted by molar-refractivity contribution is 0.0947. The van der Waals surface area contributed by atoms with Crippen LogP contribution in [0.5, 0.6) is 0 Å². The molecule has 0 spiro atoms. The monoisotopic (exact) mass is 294 g/mol. The van der Waals surface area contributed by atoms with Crippen LogP contribution in [-0.4, -0.2) is 22.3 Å². The third-order valence-corrected chi connectivity index (χ3v) is 3.84. The third-order valence-electron chi connectivity index (χ3n) is 3.62. The zero-order valence-electron chi connectivity index (χ0n) is 12.3. The summed E-state index contributed by atoms with van der Waals surface area (Å²) in [6.07, 6.45) is 2.16. The zero-order valence-corrected chi connectivity index (χ0v) is 13.1. The van der Waals surface area contributed by atoms with E-state index in [9.17, 15) is 4.79 Å². The van der Waals surface area contributed by atoms with Crippen LogP contribution in [-0.2, 0) is 16.7 Å². The lowest BCUT2D eigenvalue weighted by Crippen LogP contribution is -2.37. The van der Waals surface area contributed by atoms with E-state index in [1.807, 2.05) is 6.07 Å². The molecule has 1 saturated heterocycles. The molecule has 110 valence electrons. The van der Waals surface area contributed by atoms with Crippen LogP contribution in [0.3, 0.4) is 0 Å². The molecule has 1 aromatic heterocycles. The maximum atomic E-state index is 12.6. The Balaban J connectivity index is 2.50. The van der Waals surface area contributed by atoms with Crippen molar-refractivity contribution in [1.82, 2.24) is 4.57 Å². The van der Waals surface area contributed by atoms with Crippen molar-refractivity contribution >= 4 is 17.2 Å². The molecule has 4 nitrogen and oxygen atoms in total. The van der Waals surface area contributed by atoms with Crippen LogP contribution in [0.2, 0.25) is 0 Å². The van der Waals surface area contributed by atoms with Gasteiger partial charge in [-0.15, -0.1) is 0 Å². The highest BCUT2D eigenvalue weighted by molar-refractivity contribution is 7.80. The van der Waals surface area contributed by atoms with Crippen LogP contribution >= 0.6 is 12.2 Å². The largest absolute Gasteiger partial charge is 0.389 e. The molecule has 1 unspecified atom stereocenters. The Hall–Kier alpha value is -1.20. The summed E-state index contributed by atoms with van der Waals surface area (Å²) in [5.41, 5.74) is 6.80. The highest BCUT2D eigenvalue weighted by atomic mass is 32.1. The van der Waals surface area contributed by atoms with Crippen LogP contribution in [0.15, 0.2) is 16.9 Å². The fourth-order valence-electron chi connectivity index (χ4n) is 2.59. The number of hydrogen-bond donors (Lipinski definition) is 1. The number of aromatic nitrogens is 1. The molecule has 2 heterocycles. The first-order valence-electron chi connectivity index (χ1n) is 6.96. The van der Waals surface area contributed by atoms with Crippen molar-refractivity contribution in [2.24, 2.45) is 5.73 Å². The smallest absolute Gasteiger partial charge is 0.261 e. The first-order valence-corrected chi connectivity index (χ1v) is 7.37. The number of ether oxygens (including phenoxy) is 1. The number of nitrogens with two attached hydrogens (primary N) is 1. The zero-order chi connectivity index (χ0) is 14.9. The molecule has 20 heavy (non-hydrogen) atoms. The van der Waals surface area contributed by atoms with Crippen LogP contribution < -0.4 is 11.3 Å². The topological polar surface area (TPSA) is 57.2 Å². The Kier molecular flexibility index (Phi) is 4.30. The van der Waals surface area contributed by atoms with E-state index < -0.39 is 0 Å². The Morgan fingerprint density at radius 3 is 2.70 bits per heavy atom. The van der Waals surface area contributed by atoms with Gasteiger partial charge in [-0.2, -0.15) is 0 Å². The van der Waals surface area contributed by atoms with E-state index in [0.29, 0.717) is 12.1 Å². The summed E-state index contributed by atoms with van der Waals surface area (Å²) in [6.45, 7) is 7.62. The van der Waals surface area contributed by atoms with Crippen molar-refractivity contribution in [3.63, 3.8) is 0 Å². The Labute approximate surface area is 124 Å². The SMILES string of the molecule is CC(C)(C)c1ccc(C(N)=S)c(=O)n1CC1CCCO1.